The summed E-state index contributed by atoms with van der Waals surface area (Å²) in [6, 6.07) is 1.82. The molecule has 5 nitrogen and oxygen atoms in total. The third kappa shape index (κ3) is 2.58. The van der Waals surface area contributed by atoms with Crippen LogP contribution in [-0.2, 0) is 19.4 Å². The molecule has 0 spiro atoms. The second-order valence-electron chi connectivity index (χ2n) is 6.49. The van der Waals surface area contributed by atoms with Crippen LogP contribution < -0.4 is 11.3 Å². The van der Waals surface area contributed by atoms with E-state index >= 15 is 0 Å². The Balaban J connectivity index is 2.15. The van der Waals surface area contributed by atoms with E-state index in [4.69, 9.17) is 10.3 Å². The topological polar surface area (TPSA) is 88.5 Å². The molecule has 0 aromatic carbocycles. The first kappa shape index (κ1) is 15.3. The van der Waals surface area contributed by atoms with Gasteiger partial charge >= 0.3 is 5.97 Å². The van der Waals surface area contributed by atoms with Gasteiger partial charge in [0.1, 0.15) is 5.76 Å². The van der Waals surface area contributed by atoms with Crippen molar-refractivity contribution in [3.8, 4) is 10.4 Å². The van der Waals surface area contributed by atoms with Crippen LogP contribution >= 0.6 is 11.3 Å². The molecule has 0 aliphatic heterocycles. The Hall–Kier alpha value is -1.63. The summed E-state index contributed by atoms with van der Waals surface area (Å²) in [5.74, 6) is 5.18. The minimum absolute atomic E-state index is 0.146. The molecule has 0 amide bonds. The van der Waals surface area contributed by atoms with E-state index in [0.717, 1.165) is 35.3 Å². The van der Waals surface area contributed by atoms with Gasteiger partial charge in [-0.15, -0.1) is 11.3 Å². The highest BCUT2D eigenvalue weighted by atomic mass is 32.1. The molecule has 22 heavy (non-hydrogen) atoms. The van der Waals surface area contributed by atoms with E-state index < -0.39 is 5.97 Å². The summed E-state index contributed by atoms with van der Waals surface area (Å²) in [6.45, 7) is 4.76. The maximum atomic E-state index is 11.9. The number of thiophene rings is 1. The van der Waals surface area contributed by atoms with Gasteiger partial charge in [-0.3, -0.25) is 11.3 Å². The van der Waals surface area contributed by atoms with Gasteiger partial charge in [0.25, 0.3) is 0 Å². The van der Waals surface area contributed by atoms with Crippen LogP contribution in [0.2, 0.25) is 0 Å². The van der Waals surface area contributed by atoms with Crippen LogP contribution in [0.1, 0.15) is 46.8 Å². The van der Waals surface area contributed by atoms with E-state index in [1.54, 1.807) is 17.6 Å². The first-order chi connectivity index (χ1) is 10.4. The Morgan fingerprint density at radius 1 is 1.55 bits per heavy atom. The molecule has 3 rings (SSSR count). The zero-order valence-electron chi connectivity index (χ0n) is 12.7. The molecule has 0 atom stereocenters. The van der Waals surface area contributed by atoms with Crippen molar-refractivity contribution in [2.45, 2.75) is 39.7 Å². The number of hydrogen-bond acceptors (Lipinski definition) is 5. The number of aromatic carboxylic acids is 1. The summed E-state index contributed by atoms with van der Waals surface area (Å²) >= 11 is 1.58. The molecule has 0 bridgehead atoms. The second kappa shape index (κ2) is 5.53. The number of carboxylic acids is 1. The molecule has 2 aromatic rings. The second-order valence-corrected chi connectivity index (χ2v) is 7.60. The number of hydrogen-bond donors (Lipinski definition) is 3. The largest absolute Gasteiger partial charge is 0.478 e. The Labute approximate surface area is 133 Å². The first-order valence-corrected chi connectivity index (χ1v) is 8.12. The average molecular weight is 320 g/mol. The lowest BCUT2D eigenvalue weighted by molar-refractivity contribution is 0.0696. The van der Waals surface area contributed by atoms with Gasteiger partial charge in [-0.25, -0.2) is 4.79 Å². The van der Waals surface area contributed by atoms with Gasteiger partial charge in [-0.2, -0.15) is 0 Å². The summed E-state index contributed by atoms with van der Waals surface area (Å²) in [7, 11) is 0. The fourth-order valence-electron chi connectivity index (χ4n) is 3.11. The molecule has 1 aliphatic rings. The molecular formula is C16H20N2O3S. The highest BCUT2D eigenvalue weighted by Gasteiger charge is 2.33. The lowest BCUT2D eigenvalue weighted by atomic mass is 9.76. The summed E-state index contributed by atoms with van der Waals surface area (Å²) in [5, 5.41) is 9.74. The number of nitrogens with one attached hydrogen (secondary N) is 1. The lowest BCUT2D eigenvalue weighted by Gasteiger charge is -2.29. The normalized spacial score (nSPS) is 16.5. The fourth-order valence-corrected chi connectivity index (χ4v) is 4.46. The van der Waals surface area contributed by atoms with Crippen LogP contribution in [0.3, 0.4) is 0 Å². The number of carboxylic acid groups (broad SMARTS) is 1. The van der Waals surface area contributed by atoms with Gasteiger partial charge in [-0.05, 0) is 36.3 Å². The molecule has 2 aromatic heterocycles. The van der Waals surface area contributed by atoms with E-state index in [0.29, 0.717) is 17.9 Å². The van der Waals surface area contributed by atoms with Crippen molar-refractivity contribution in [2.24, 2.45) is 11.3 Å². The average Bonchev–Trinajstić information content (AvgIpc) is 3.01. The quantitative estimate of drug-likeness (QED) is 0.595. The van der Waals surface area contributed by atoms with Gasteiger partial charge in [-0.1, -0.05) is 13.8 Å². The predicted molar refractivity (Wildman–Crippen MR) is 85.8 cm³/mol. The molecular weight excluding hydrogens is 300 g/mol. The molecule has 0 radical (unpaired) electrons. The summed E-state index contributed by atoms with van der Waals surface area (Å²) in [4.78, 5) is 13.8. The van der Waals surface area contributed by atoms with Crippen molar-refractivity contribution >= 4 is 17.3 Å². The highest BCUT2D eigenvalue weighted by Crippen LogP contribution is 2.45. The number of carbonyl (C=O) groups is 1. The van der Waals surface area contributed by atoms with Crippen LogP contribution in [0.15, 0.2) is 16.7 Å². The molecule has 6 heteroatoms. The predicted octanol–water partition coefficient (Wildman–Crippen LogP) is 3.18. The minimum atomic E-state index is -0.863. The highest BCUT2D eigenvalue weighted by molar-refractivity contribution is 7.16. The molecule has 0 saturated heterocycles. The zero-order valence-corrected chi connectivity index (χ0v) is 13.5. The van der Waals surface area contributed by atoms with E-state index in [1.807, 2.05) is 6.07 Å². The molecule has 4 N–H and O–H groups in total. The van der Waals surface area contributed by atoms with Crippen LogP contribution in [0.25, 0.3) is 10.4 Å². The minimum Gasteiger partial charge on any atom is -0.478 e. The molecule has 0 fully saturated rings. The van der Waals surface area contributed by atoms with Crippen LogP contribution in [0, 0.1) is 5.41 Å². The Bertz CT molecular complexity index is 715. The SMILES string of the molecule is CC1(C)CCc2sc(-c3ccoc3CNN)c(C(=O)O)c2C1. The maximum Gasteiger partial charge on any atom is 0.337 e. The molecule has 1 aliphatic carbocycles. The van der Waals surface area contributed by atoms with Gasteiger partial charge in [0.2, 0.25) is 0 Å². The Morgan fingerprint density at radius 2 is 2.32 bits per heavy atom. The van der Waals surface area contributed by atoms with Crippen molar-refractivity contribution in [3.63, 3.8) is 0 Å². The zero-order chi connectivity index (χ0) is 15.9. The monoisotopic (exact) mass is 320 g/mol. The molecule has 118 valence electrons. The number of fused-ring (bicyclic) bond motifs is 1. The van der Waals surface area contributed by atoms with E-state index in [2.05, 4.69) is 19.3 Å². The van der Waals surface area contributed by atoms with Gasteiger partial charge in [0.15, 0.2) is 0 Å². The number of hydrazine groups is 1. The smallest absolute Gasteiger partial charge is 0.337 e. The third-order valence-corrected chi connectivity index (χ3v) is 5.57. The van der Waals surface area contributed by atoms with Crippen LogP contribution in [0.5, 0.6) is 0 Å². The molecule has 0 saturated carbocycles. The van der Waals surface area contributed by atoms with E-state index in [-0.39, 0.29) is 5.41 Å². The van der Waals surface area contributed by atoms with Crippen molar-refractivity contribution in [3.05, 3.63) is 34.1 Å². The Kier molecular flexibility index (Phi) is 3.84. The van der Waals surface area contributed by atoms with Crippen molar-refractivity contribution in [2.75, 3.05) is 0 Å². The maximum absolute atomic E-state index is 11.9. The van der Waals surface area contributed by atoms with Crippen molar-refractivity contribution in [1.29, 1.82) is 0 Å². The number of nitrogens with two attached hydrogens (primary N) is 1. The van der Waals surface area contributed by atoms with Crippen molar-refractivity contribution < 1.29 is 14.3 Å². The standard InChI is InChI=1S/C16H20N2O3S/c1-16(2)5-3-12-10(7-16)13(15(19)20)14(22-12)9-4-6-21-11(9)8-18-17/h4,6,18H,3,5,7-8,17H2,1-2H3,(H,19,20). The van der Waals surface area contributed by atoms with Crippen molar-refractivity contribution in [1.82, 2.24) is 5.43 Å². The summed E-state index contributed by atoms with van der Waals surface area (Å²) < 4.78 is 5.44. The lowest BCUT2D eigenvalue weighted by Crippen LogP contribution is -2.22. The fraction of sp³-hybridized carbons (Fsp3) is 0.438. The van der Waals surface area contributed by atoms with E-state index in [1.165, 1.54) is 4.88 Å². The van der Waals surface area contributed by atoms with Gasteiger partial charge in [0, 0.05) is 10.4 Å². The van der Waals surface area contributed by atoms with Crippen LogP contribution in [0.4, 0.5) is 0 Å². The number of aryl methyl sites for hydroxylation is 1. The van der Waals surface area contributed by atoms with E-state index in [9.17, 15) is 9.90 Å². The molecule has 2 heterocycles. The summed E-state index contributed by atoms with van der Waals surface area (Å²) in [5.41, 5.74) is 4.97. The van der Waals surface area contributed by atoms with Gasteiger partial charge in [0.05, 0.1) is 23.2 Å². The molecule has 0 unspecified atom stereocenters. The number of rotatable bonds is 4. The number of furan rings is 1. The summed E-state index contributed by atoms with van der Waals surface area (Å²) in [6.07, 6.45) is 4.41. The van der Waals surface area contributed by atoms with Gasteiger partial charge < -0.3 is 9.52 Å². The van der Waals surface area contributed by atoms with Crippen LogP contribution in [-0.4, -0.2) is 11.1 Å². The Morgan fingerprint density at radius 3 is 3.00 bits per heavy atom. The first-order valence-electron chi connectivity index (χ1n) is 7.31. The third-order valence-electron chi connectivity index (χ3n) is 4.24.